The molecule has 1 aliphatic rings. The lowest BCUT2D eigenvalue weighted by atomic mass is 10.0. The first kappa shape index (κ1) is 94.2. The molecule has 9 N–H and O–H groups in total. The molecule has 0 saturated carbocycles. The average Bonchev–Trinajstić information content (AvgIpc) is 1.62. The van der Waals surface area contributed by atoms with Gasteiger partial charge in [0, 0.05) is 142 Å². The minimum absolute atomic E-state index is 0.0131. The van der Waals surface area contributed by atoms with E-state index in [0.29, 0.717) is 57.9 Å². The van der Waals surface area contributed by atoms with Gasteiger partial charge in [0.2, 0.25) is 23.8 Å². The molecule has 1 fully saturated rings. The number of aromatic nitrogens is 10. The summed E-state index contributed by atoms with van der Waals surface area (Å²) in [6, 6.07) is 52.1. The van der Waals surface area contributed by atoms with Gasteiger partial charge in [-0.05, 0) is 216 Å². The van der Waals surface area contributed by atoms with E-state index in [0.717, 1.165) is 76.6 Å². The fourth-order valence-electron chi connectivity index (χ4n) is 12.4. The van der Waals surface area contributed by atoms with Crippen LogP contribution in [0.2, 0.25) is 0 Å². The number of aromatic amines is 1. The maximum Gasteiger partial charge on any atom is 0.421 e. The van der Waals surface area contributed by atoms with E-state index in [2.05, 4.69) is 109 Å². The van der Waals surface area contributed by atoms with Crippen molar-refractivity contribution in [2.45, 2.75) is 69.6 Å². The minimum atomic E-state index is -4.59. The third kappa shape index (κ3) is 28.0. The highest BCUT2D eigenvalue weighted by molar-refractivity contribution is 7.71. The number of H-pyrrole nitrogens is 1. The van der Waals surface area contributed by atoms with Crippen LogP contribution in [-0.2, 0) is 69.0 Å². The summed E-state index contributed by atoms with van der Waals surface area (Å²) in [7, 11) is -9.56. The second kappa shape index (κ2) is 40.6. The topological polar surface area (TPSA) is 300 Å². The molecule has 1 saturated heterocycles. The summed E-state index contributed by atoms with van der Waals surface area (Å²) < 4.78 is 210. The highest BCUT2D eigenvalue weighted by atomic mass is 32.1. The molecule has 1 aliphatic heterocycles. The number of likely N-dealkylation sites (tertiary alicyclic amines) is 1. The molecule has 13 aromatic rings. The van der Waals surface area contributed by atoms with Gasteiger partial charge in [0.25, 0.3) is 0 Å². The summed E-state index contributed by atoms with van der Waals surface area (Å²) >= 11 is 1.44. The number of hydrogen-bond acceptors (Lipinski definition) is 23. The average molecular weight is 1820 g/mol. The number of hydrogen-bond donors (Lipinski definition) is 9. The monoisotopic (exact) mass is 1820 g/mol. The predicted octanol–water partition coefficient (Wildman–Crippen LogP) is 20.8. The van der Waals surface area contributed by atoms with E-state index >= 15 is 0 Å². The van der Waals surface area contributed by atoms with Gasteiger partial charge < -0.3 is 65.8 Å². The zero-order chi connectivity index (χ0) is 90.1. The molecule has 40 heteroatoms. The Bertz CT molecular complexity index is 5940. The van der Waals surface area contributed by atoms with E-state index in [1.165, 1.54) is 16.9 Å². The molecule has 0 amide bonds. The number of nitrogens with one attached hydrogen (secondary N) is 9. The largest absolute Gasteiger partial charge is 0.421 e. The molecule has 0 bridgehead atoms. The molecule has 7 aromatic heterocycles. The summed E-state index contributed by atoms with van der Waals surface area (Å²) in [4.78, 5) is 41.7. The molecule has 23 nitrogen and oxygen atoms in total. The zero-order valence-electron chi connectivity index (χ0n) is 68.6. The Kier molecular flexibility index (Phi) is 30.6. The van der Waals surface area contributed by atoms with Crippen molar-refractivity contribution in [2.75, 3.05) is 115 Å². The zero-order valence-corrected chi connectivity index (χ0v) is 73.0. The molecule has 8 heterocycles. The number of rotatable bonds is 26. The molecule has 0 aliphatic carbocycles. The first-order valence-corrected chi connectivity index (χ1v) is 49.9. The lowest BCUT2D eigenvalue weighted by Crippen LogP contribution is -2.39. The second-order valence-electron chi connectivity index (χ2n) is 30.3. The number of para-hydroxylation sites is 1. The van der Waals surface area contributed by atoms with Crippen LogP contribution in [0.15, 0.2) is 225 Å². The first-order chi connectivity index (χ1) is 58.9. The summed E-state index contributed by atoms with van der Waals surface area (Å²) in [5.41, 5.74) is 2.60. The van der Waals surface area contributed by atoms with Crippen molar-refractivity contribution in [3.63, 3.8) is 0 Å². The van der Waals surface area contributed by atoms with Gasteiger partial charge in [0.1, 0.15) is 74.1 Å². The van der Waals surface area contributed by atoms with Crippen molar-refractivity contribution in [2.24, 2.45) is 0 Å². The number of benzene rings is 6. The molecular formula is C85H89F12N19O4P4S. The second-order valence-corrected chi connectivity index (χ2v) is 44.2. The van der Waals surface area contributed by atoms with Gasteiger partial charge in [0.05, 0.1) is 6.54 Å². The van der Waals surface area contributed by atoms with E-state index in [1.54, 1.807) is 175 Å². The molecule has 125 heavy (non-hydrogen) atoms. The number of halogens is 12. The highest BCUT2D eigenvalue weighted by Gasteiger charge is 2.39. The molecule has 0 unspecified atom stereocenters. The van der Waals surface area contributed by atoms with Crippen LogP contribution in [0.5, 0.6) is 0 Å². The number of anilines is 12. The van der Waals surface area contributed by atoms with Gasteiger partial charge in [-0.1, -0.05) is 54.6 Å². The van der Waals surface area contributed by atoms with Crippen LogP contribution in [0.25, 0.3) is 10.9 Å². The van der Waals surface area contributed by atoms with Crippen molar-refractivity contribution in [1.82, 2.24) is 54.7 Å². The van der Waals surface area contributed by atoms with E-state index < -0.39 is 75.5 Å². The van der Waals surface area contributed by atoms with Crippen LogP contribution in [0.4, 0.5) is 122 Å². The molecule has 14 rings (SSSR count). The van der Waals surface area contributed by atoms with Crippen molar-refractivity contribution in [1.29, 1.82) is 0 Å². The van der Waals surface area contributed by atoms with Crippen LogP contribution >= 0.6 is 39.9 Å². The molecule has 0 atom stereocenters. The lowest BCUT2D eigenvalue weighted by Gasteiger charge is -2.33. The predicted molar refractivity (Wildman–Crippen MR) is 475 cm³/mol. The van der Waals surface area contributed by atoms with Crippen molar-refractivity contribution in [3.05, 3.63) is 269 Å². The maximum absolute atomic E-state index is 13.6. The summed E-state index contributed by atoms with van der Waals surface area (Å²) in [5.74, 6) is -0.989. The quantitative estimate of drug-likeness (QED) is 0.0180. The van der Waals surface area contributed by atoms with E-state index in [9.17, 15) is 70.9 Å². The van der Waals surface area contributed by atoms with Crippen LogP contribution in [0.1, 0.15) is 56.7 Å². The van der Waals surface area contributed by atoms with E-state index in [4.69, 9.17) is 0 Å². The van der Waals surface area contributed by atoms with Gasteiger partial charge in [-0.3, -0.25) is 9.88 Å². The van der Waals surface area contributed by atoms with Crippen molar-refractivity contribution >= 4 is 142 Å². The van der Waals surface area contributed by atoms with Gasteiger partial charge in [-0.25, -0.2) is 19.9 Å². The van der Waals surface area contributed by atoms with Gasteiger partial charge in [0.15, 0.2) is 0 Å². The number of nitrogens with zero attached hydrogens (tertiary/aromatic N) is 10. The Morgan fingerprint density at radius 2 is 0.784 bits per heavy atom. The molecule has 658 valence electrons. The Balaban J connectivity index is 0.000000163. The Hall–Kier alpha value is -11.5. The van der Waals surface area contributed by atoms with Crippen molar-refractivity contribution < 1.29 is 70.9 Å². The van der Waals surface area contributed by atoms with Crippen molar-refractivity contribution in [3.8, 4) is 0 Å². The smallest absolute Gasteiger partial charge is 0.369 e. The number of piperidine rings is 1. The van der Waals surface area contributed by atoms with Gasteiger partial charge >= 0.3 is 24.7 Å². The molecule has 6 aromatic carbocycles. The van der Waals surface area contributed by atoms with Crippen LogP contribution in [0.3, 0.4) is 0 Å². The minimum Gasteiger partial charge on any atom is -0.369 e. The SMILES string of the molecule is CP(C)(=O)c1ccc(Nc2ncc(C(F)(F)F)c(NC3CCN(Cc4ccccc4)CC3)n2)cc1.CP(C)(=O)c1ccc(Nc2ncc(C(F)(F)F)c(NCCc3c[nH]c4ccccc34)n2)cc1.CP(C)(=O)c1ccc(Nc2ncc(C(F)(F)F)c(NCc3cccs3)n2)cc1.CP(C)(=O)c1ccc(Nc2ncc(C(F)(F)F)c(NCc3ccncc3)n2)cc1. The fraction of sp³-hybridized carbons (Fsp3) is 0.259. The van der Waals surface area contributed by atoms with Crippen LogP contribution < -0.4 is 63.8 Å². The van der Waals surface area contributed by atoms with Crippen LogP contribution in [0, 0.1) is 0 Å². The Labute approximate surface area is 717 Å². The summed E-state index contributed by atoms with van der Waals surface area (Å²) in [6.45, 7) is 16.4. The third-order valence-corrected chi connectivity index (χ3v) is 26.2. The first-order valence-electron chi connectivity index (χ1n) is 38.6. The van der Waals surface area contributed by atoms with Crippen LogP contribution in [-0.4, -0.2) is 134 Å². The maximum atomic E-state index is 13.6. The number of pyridine rings is 1. The normalized spacial score (nSPS) is 13.1. The number of alkyl halides is 12. The fourth-order valence-corrected chi connectivity index (χ4v) is 16.6. The molecular weight excluding hydrogens is 1740 g/mol. The van der Waals surface area contributed by atoms with Gasteiger partial charge in [-0.2, -0.15) is 72.6 Å². The lowest BCUT2D eigenvalue weighted by molar-refractivity contribution is -0.138. The number of fused-ring (bicyclic) bond motifs is 1. The van der Waals surface area contributed by atoms with E-state index in [1.807, 2.05) is 66.2 Å². The standard InChI is InChI=1S/C25H29F3N5OP.C23H23F3N5OP.C19H19F3N5OP.C18H18F3N4OPS/c1-35(2,34)21-10-8-19(9-11-21)31-24-29-16-22(25(26,27)28)23(32-24)30-20-12-14-33(15-13-20)17-18-6-4-3-5-7-18;1-33(2,32)17-9-7-16(8-10-17)30-22-29-14-19(23(24,25)26)21(31-22)27-12-11-15-13-28-20-6-4-3-5-18(15)20;1-29(2,28)15-5-3-14(4-6-15)26-18-25-12-16(19(20,21)22)17(27-18)24-11-13-7-9-23-10-8-13;1-27(2,26)13-7-5-12(6-8-13)24-17-23-11-15(18(19,20)21)16(25-17)22-10-14-4-3-9-28-14/h3-11,16,20H,12-15,17H2,1-2H3,(H2,29,30,31,32);3-10,13-14,28H,11-12H2,1-2H3,(H2,27,29,30,31);3-10,12H,11H2,1-2H3,(H2,24,25,26,27);3-9,11H,10H2,1-2H3,(H2,22,23,24,25). The third-order valence-electron chi connectivity index (χ3n) is 19.1. The summed E-state index contributed by atoms with van der Waals surface area (Å²) in [6.07, 6.45) is -8.32. The molecule has 0 radical (unpaired) electrons. The number of thiophene rings is 1. The van der Waals surface area contributed by atoms with E-state index in [-0.39, 0.29) is 72.7 Å². The molecule has 0 spiro atoms. The highest BCUT2D eigenvalue weighted by Crippen LogP contribution is 2.42. The summed E-state index contributed by atoms with van der Waals surface area (Å²) in [5, 5.41) is 28.6. The van der Waals surface area contributed by atoms with Gasteiger partial charge in [-0.15, -0.1) is 11.3 Å². The Morgan fingerprint density at radius 3 is 1.17 bits per heavy atom. The Morgan fingerprint density at radius 1 is 0.416 bits per heavy atom.